The number of amides is 3. The topological polar surface area (TPSA) is 81.8 Å². The zero-order valence-corrected chi connectivity index (χ0v) is 17.9. The smallest absolute Gasteiger partial charge is 0.255 e. The van der Waals surface area contributed by atoms with Crippen molar-refractivity contribution in [1.29, 1.82) is 0 Å². The Morgan fingerprint density at radius 3 is 2.80 bits per heavy atom. The summed E-state index contributed by atoms with van der Waals surface area (Å²) < 4.78 is 0. The average molecular weight is 413 g/mol. The molecular weight excluding hydrogens is 380 g/mol. The molecule has 4 rings (SSSR count). The number of piperidine rings is 2. The second kappa shape index (κ2) is 8.86. The van der Waals surface area contributed by atoms with E-state index in [0.29, 0.717) is 24.9 Å². The molecule has 1 aromatic rings. The maximum Gasteiger partial charge on any atom is 0.255 e. The van der Waals surface area contributed by atoms with Crippen molar-refractivity contribution in [2.24, 2.45) is 5.92 Å². The number of hydrogen-bond donors (Lipinski definition) is 2. The molecule has 2 N–H and O–H groups in total. The van der Waals surface area contributed by atoms with Crippen LogP contribution in [0.4, 0.5) is 0 Å². The Balaban J connectivity index is 1.46. The fraction of sp³-hybridized carbons (Fsp3) is 0.609. The van der Waals surface area contributed by atoms with Crippen LogP contribution in [0.2, 0.25) is 0 Å². The first-order valence-electron chi connectivity index (χ1n) is 11.1. The fourth-order valence-electron chi connectivity index (χ4n) is 4.93. The van der Waals surface area contributed by atoms with Crippen LogP contribution in [-0.4, -0.2) is 59.2 Å². The van der Waals surface area contributed by atoms with E-state index in [1.807, 2.05) is 18.2 Å². The highest BCUT2D eigenvalue weighted by Gasteiger charge is 2.40. The van der Waals surface area contributed by atoms with Gasteiger partial charge < -0.3 is 10.2 Å². The number of likely N-dealkylation sites (tertiary alicyclic amines) is 1. The standard InChI is InChI=1S/C23H32N4O3/c1-15(2)24-11-16-5-4-10-26(12-16)13-17-6-3-7-18-14-27(23(30)21(17)18)19-8-9-20(28)25-22(19)29/h3,6-7,15-16,19,24H,4-5,8-14H2,1-2H3,(H,25,28,29). The van der Waals surface area contributed by atoms with Crippen molar-refractivity contribution >= 4 is 17.7 Å². The van der Waals surface area contributed by atoms with E-state index >= 15 is 0 Å². The van der Waals surface area contributed by atoms with Gasteiger partial charge in [-0.05, 0) is 49.4 Å². The highest BCUT2D eigenvalue weighted by Crippen LogP contribution is 2.31. The Morgan fingerprint density at radius 1 is 1.20 bits per heavy atom. The summed E-state index contributed by atoms with van der Waals surface area (Å²) in [5.74, 6) is -0.0584. The van der Waals surface area contributed by atoms with Gasteiger partial charge >= 0.3 is 0 Å². The van der Waals surface area contributed by atoms with Crippen molar-refractivity contribution in [2.75, 3.05) is 19.6 Å². The normalized spacial score (nSPS) is 25.0. The first-order chi connectivity index (χ1) is 14.4. The summed E-state index contributed by atoms with van der Waals surface area (Å²) in [5.41, 5.74) is 2.78. The van der Waals surface area contributed by atoms with Gasteiger partial charge in [0.15, 0.2) is 0 Å². The third-order valence-electron chi connectivity index (χ3n) is 6.45. The number of carbonyl (C=O) groups is 3. The average Bonchev–Trinajstić information content (AvgIpc) is 3.04. The van der Waals surface area contributed by atoms with Crippen molar-refractivity contribution in [2.45, 2.75) is 64.7 Å². The molecule has 2 atom stereocenters. The minimum atomic E-state index is -0.558. The van der Waals surface area contributed by atoms with Gasteiger partial charge in [-0.2, -0.15) is 0 Å². The Morgan fingerprint density at radius 2 is 2.03 bits per heavy atom. The Hall–Kier alpha value is -2.25. The number of benzene rings is 1. The van der Waals surface area contributed by atoms with E-state index in [4.69, 9.17) is 0 Å². The highest BCUT2D eigenvalue weighted by atomic mass is 16.2. The van der Waals surface area contributed by atoms with Crippen LogP contribution in [0.1, 0.15) is 61.0 Å². The third-order valence-corrected chi connectivity index (χ3v) is 6.45. The van der Waals surface area contributed by atoms with Gasteiger partial charge in [0.25, 0.3) is 5.91 Å². The number of carbonyl (C=O) groups excluding carboxylic acids is 3. The van der Waals surface area contributed by atoms with Crippen molar-refractivity contribution < 1.29 is 14.4 Å². The van der Waals surface area contributed by atoms with Crippen LogP contribution < -0.4 is 10.6 Å². The molecule has 30 heavy (non-hydrogen) atoms. The molecule has 2 saturated heterocycles. The molecule has 2 fully saturated rings. The van der Waals surface area contributed by atoms with Crippen LogP contribution in [-0.2, 0) is 22.7 Å². The molecule has 0 bridgehead atoms. The van der Waals surface area contributed by atoms with Crippen molar-refractivity contribution in [3.63, 3.8) is 0 Å². The molecule has 162 valence electrons. The zero-order valence-electron chi connectivity index (χ0n) is 17.9. The van der Waals surface area contributed by atoms with Crippen LogP contribution in [0.25, 0.3) is 0 Å². The molecule has 3 heterocycles. The minimum absolute atomic E-state index is 0.0786. The molecule has 2 unspecified atom stereocenters. The summed E-state index contributed by atoms with van der Waals surface area (Å²) in [5, 5.41) is 5.92. The maximum absolute atomic E-state index is 13.3. The Bertz CT molecular complexity index is 838. The second-order valence-corrected chi connectivity index (χ2v) is 9.16. The number of imide groups is 1. The SMILES string of the molecule is CC(C)NCC1CCCN(Cc2cccc3c2C(=O)N(C2CCC(=O)NC2=O)C3)C1. The van der Waals surface area contributed by atoms with Gasteiger partial charge in [0.1, 0.15) is 6.04 Å². The molecule has 3 aliphatic rings. The largest absolute Gasteiger partial charge is 0.322 e. The van der Waals surface area contributed by atoms with E-state index in [2.05, 4.69) is 29.4 Å². The van der Waals surface area contributed by atoms with Gasteiger partial charge in [-0.3, -0.25) is 24.6 Å². The van der Waals surface area contributed by atoms with E-state index in [9.17, 15) is 14.4 Å². The molecule has 0 saturated carbocycles. The quantitative estimate of drug-likeness (QED) is 0.695. The number of hydrogen-bond acceptors (Lipinski definition) is 5. The number of nitrogens with one attached hydrogen (secondary N) is 2. The van der Waals surface area contributed by atoms with E-state index < -0.39 is 6.04 Å². The highest BCUT2D eigenvalue weighted by molar-refractivity contribution is 6.05. The lowest BCUT2D eigenvalue weighted by atomic mass is 9.96. The van der Waals surface area contributed by atoms with Gasteiger partial charge in [0, 0.05) is 37.7 Å². The summed E-state index contributed by atoms with van der Waals surface area (Å²) in [6.45, 7) is 8.66. The Kier molecular flexibility index (Phi) is 6.20. The molecule has 3 aliphatic heterocycles. The first-order valence-corrected chi connectivity index (χ1v) is 11.1. The van der Waals surface area contributed by atoms with Gasteiger partial charge in [-0.25, -0.2) is 0 Å². The maximum atomic E-state index is 13.3. The molecular formula is C23H32N4O3. The zero-order chi connectivity index (χ0) is 21.3. The van der Waals surface area contributed by atoms with Crippen LogP contribution in [0.5, 0.6) is 0 Å². The van der Waals surface area contributed by atoms with Gasteiger partial charge in [-0.1, -0.05) is 32.0 Å². The third kappa shape index (κ3) is 4.42. The molecule has 3 amide bonds. The predicted octanol–water partition coefficient (Wildman–Crippen LogP) is 1.66. The van der Waals surface area contributed by atoms with Crippen LogP contribution in [0.15, 0.2) is 18.2 Å². The van der Waals surface area contributed by atoms with E-state index in [1.54, 1.807) is 4.90 Å². The second-order valence-electron chi connectivity index (χ2n) is 9.16. The van der Waals surface area contributed by atoms with Gasteiger partial charge in [-0.15, -0.1) is 0 Å². The van der Waals surface area contributed by atoms with Gasteiger partial charge in [0.2, 0.25) is 11.8 Å². The van der Waals surface area contributed by atoms with Crippen LogP contribution in [0.3, 0.4) is 0 Å². The lowest BCUT2D eigenvalue weighted by Crippen LogP contribution is -2.52. The van der Waals surface area contributed by atoms with Crippen molar-refractivity contribution in [3.8, 4) is 0 Å². The fourth-order valence-corrected chi connectivity index (χ4v) is 4.93. The lowest BCUT2D eigenvalue weighted by molar-refractivity contribution is -0.136. The van der Waals surface area contributed by atoms with E-state index in [0.717, 1.165) is 42.9 Å². The lowest BCUT2D eigenvalue weighted by Gasteiger charge is -2.33. The summed E-state index contributed by atoms with van der Waals surface area (Å²) in [7, 11) is 0. The van der Waals surface area contributed by atoms with Crippen molar-refractivity contribution in [1.82, 2.24) is 20.4 Å². The summed E-state index contributed by atoms with van der Waals surface area (Å²) >= 11 is 0. The minimum Gasteiger partial charge on any atom is -0.322 e. The molecule has 0 aliphatic carbocycles. The summed E-state index contributed by atoms with van der Waals surface area (Å²) in [6.07, 6.45) is 3.10. The van der Waals surface area contributed by atoms with Gasteiger partial charge in [0.05, 0.1) is 0 Å². The molecule has 0 aromatic heterocycles. The van der Waals surface area contributed by atoms with Crippen molar-refractivity contribution in [3.05, 3.63) is 34.9 Å². The van der Waals surface area contributed by atoms with E-state index in [1.165, 1.54) is 12.8 Å². The molecule has 0 radical (unpaired) electrons. The predicted molar refractivity (Wildman–Crippen MR) is 114 cm³/mol. The summed E-state index contributed by atoms with van der Waals surface area (Å²) in [6, 6.07) is 5.97. The van der Waals surface area contributed by atoms with E-state index in [-0.39, 0.29) is 24.1 Å². The monoisotopic (exact) mass is 412 g/mol. The number of nitrogens with zero attached hydrogens (tertiary/aromatic N) is 2. The number of fused-ring (bicyclic) bond motifs is 1. The molecule has 1 aromatic carbocycles. The first kappa shape index (κ1) is 21.0. The molecule has 7 nitrogen and oxygen atoms in total. The van der Waals surface area contributed by atoms with Crippen LogP contribution >= 0.6 is 0 Å². The Labute approximate surface area is 178 Å². The molecule has 7 heteroatoms. The molecule has 0 spiro atoms. The van der Waals surface area contributed by atoms with Crippen LogP contribution in [0, 0.1) is 5.92 Å². The number of rotatable bonds is 6. The summed E-state index contributed by atoms with van der Waals surface area (Å²) in [4.78, 5) is 41.1.